The average Bonchev–Trinajstić information content (AvgIpc) is 3.44. The number of hydrogen-bond acceptors (Lipinski definition) is 3. The Morgan fingerprint density at radius 2 is 1.90 bits per heavy atom. The standard InChI is InChI=1S/C24H29N3O2.ClH/c28-23(21-7-2-12-25-21)26-14-16-4-3-13-27(15-16)24(29)20-11-10-18-9-8-17-5-1-6-19(20)22(17)18;/h1,5-6,10-11,16,21,25H,2-4,7-9,12-15H2,(H,26,28);1H. The van der Waals surface area contributed by atoms with E-state index in [0.717, 1.165) is 69.1 Å². The van der Waals surface area contributed by atoms with E-state index in [0.29, 0.717) is 12.5 Å². The molecule has 3 aliphatic rings. The van der Waals surface area contributed by atoms with E-state index in [4.69, 9.17) is 0 Å². The molecule has 0 radical (unpaired) electrons. The largest absolute Gasteiger partial charge is 0.354 e. The van der Waals surface area contributed by atoms with Crippen molar-refractivity contribution in [2.45, 2.75) is 44.6 Å². The number of rotatable bonds is 4. The molecule has 30 heavy (non-hydrogen) atoms. The number of aryl methyl sites for hydroxylation is 2. The lowest BCUT2D eigenvalue weighted by Crippen LogP contribution is -2.46. The number of likely N-dealkylation sites (tertiary alicyclic amines) is 1. The molecule has 6 heteroatoms. The molecule has 2 atom stereocenters. The van der Waals surface area contributed by atoms with Crippen molar-refractivity contribution in [1.82, 2.24) is 15.5 Å². The van der Waals surface area contributed by atoms with Gasteiger partial charge in [-0.15, -0.1) is 12.4 Å². The number of nitrogens with zero attached hydrogens (tertiary/aromatic N) is 1. The van der Waals surface area contributed by atoms with Crippen LogP contribution in [0.25, 0.3) is 10.8 Å². The van der Waals surface area contributed by atoms with Gasteiger partial charge in [0.15, 0.2) is 0 Å². The van der Waals surface area contributed by atoms with E-state index in [1.807, 2.05) is 11.0 Å². The predicted molar refractivity (Wildman–Crippen MR) is 121 cm³/mol. The van der Waals surface area contributed by atoms with Gasteiger partial charge in [0.1, 0.15) is 0 Å². The smallest absolute Gasteiger partial charge is 0.254 e. The molecule has 2 unspecified atom stereocenters. The summed E-state index contributed by atoms with van der Waals surface area (Å²) in [5.41, 5.74) is 3.56. The van der Waals surface area contributed by atoms with Crippen LogP contribution < -0.4 is 10.6 Å². The third-order valence-electron chi connectivity index (χ3n) is 6.86. The summed E-state index contributed by atoms with van der Waals surface area (Å²) in [4.78, 5) is 27.7. The van der Waals surface area contributed by atoms with Crippen LogP contribution in [0.1, 0.15) is 47.2 Å². The summed E-state index contributed by atoms with van der Waals surface area (Å²) < 4.78 is 0. The van der Waals surface area contributed by atoms with Crippen molar-refractivity contribution >= 4 is 35.0 Å². The van der Waals surface area contributed by atoms with Gasteiger partial charge in [0.05, 0.1) is 6.04 Å². The number of amides is 2. The molecule has 0 aromatic heterocycles. The normalized spacial score (nSPS) is 22.7. The third-order valence-corrected chi connectivity index (χ3v) is 6.86. The molecule has 2 saturated heterocycles. The summed E-state index contributed by atoms with van der Waals surface area (Å²) in [7, 11) is 0. The summed E-state index contributed by atoms with van der Waals surface area (Å²) in [6, 6.07) is 10.5. The van der Waals surface area contributed by atoms with Gasteiger partial charge in [-0.2, -0.15) is 0 Å². The highest BCUT2D eigenvalue weighted by Gasteiger charge is 2.28. The molecule has 2 amide bonds. The first-order chi connectivity index (χ1) is 14.2. The fourth-order valence-corrected chi connectivity index (χ4v) is 5.30. The lowest BCUT2D eigenvalue weighted by Gasteiger charge is -2.33. The van der Waals surface area contributed by atoms with Crippen molar-refractivity contribution in [2.24, 2.45) is 5.92 Å². The number of nitrogens with one attached hydrogen (secondary N) is 2. The Morgan fingerprint density at radius 3 is 2.70 bits per heavy atom. The second kappa shape index (κ2) is 8.94. The van der Waals surface area contributed by atoms with E-state index in [-0.39, 0.29) is 30.3 Å². The van der Waals surface area contributed by atoms with Crippen LogP contribution in [0.15, 0.2) is 30.3 Å². The van der Waals surface area contributed by atoms with Crippen LogP contribution >= 0.6 is 12.4 Å². The number of carbonyl (C=O) groups excluding carboxylic acids is 2. The molecule has 0 bridgehead atoms. The molecule has 5 nitrogen and oxygen atoms in total. The topological polar surface area (TPSA) is 61.4 Å². The molecule has 5 rings (SSSR count). The maximum absolute atomic E-state index is 13.4. The summed E-state index contributed by atoms with van der Waals surface area (Å²) in [6.45, 7) is 3.11. The SMILES string of the molecule is Cl.O=C(NCC1CCCN(C(=O)c2ccc3c4c(cccc24)CC3)C1)C1CCCN1. The Bertz CT molecular complexity index is 945. The molecular weight excluding hydrogens is 398 g/mol. The van der Waals surface area contributed by atoms with Crippen molar-refractivity contribution in [3.8, 4) is 0 Å². The zero-order chi connectivity index (χ0) is 19.8. The van der Waals surface area contributed by atoms with Crippen LogP contribution in [0.3, 0.4) is 0 Å². The molecule has 0 saturated carbocycles. The minimum atomic E-state index is -0.0371. The van der Waals surface area contributed by atoms with Crippen LogP contribution in [-0.2, 0) is 17.6 Å². The lowest BCUT2D eigenvalue weighted by atomic mass is 9.95. The highest BCUT2D eigenvalue weighted by atomic mass is 35.5. The fourth-order valence-electron chi connectivity index (χ4n) is 5.30. The zero-order valence-corrected chi connectivity index (χ0v) is 18.1. The molecule has 2 aromatic rings. The second-order valence-corrected chi connectivity index (χ2v) is 8.77. The minimum Gasteiger partial charge on any atom is -0.354 e. The van der Waals surface area contributed by atoms with Gasteiger partial charge < -0.3 is 15.5 Å². The molecule has 2 fully saturated rings. The monoisotopic (exact) mass is 427 g/mol. The van der Waals surface area contributed by atoms with Gasteiger partial charge in [0.2, 0.25) is 5.91 Å². The molecule has 160 valence electrons. The first kappa shape index (κ1) is 21.1. The third kappa shape index (κ3) is 3.93. The lowest BCUT2D eigenvalue weighted by molar-refractivity contribution is -0.123. The molecule has 0 spiro atoms. The van der Waals surface area contributed by atoms with Crippen molar-refractivity contribution in [2.75, 3.05) is 26.2 Å². The van der Waals surface area contributed by atoms with E-state index >= 15 is 0 Å². The molecule has 2 aromatic carbocycles. The summed E-state index contributed by atoms with van der Waals surface area (Å²) in [6.07, 6.45) is 6.20. The van der Waals surface area contributed by atoms with Crippen LogP contribution in [-0.4, -0.2) is 48.9 Å². The maximum atomic E-state index is 13.4. The van der Waals surface area contributed by atoms with Gasteiger partial charge in [-0.25, -0.2) is 0 Å². The predicted octanol–water partition coefficient (Wildman–Crippen LogP) is 3.08. The average molecular weight is 428 g/mol. The number of benzene rings is 2. The molecular formula is C24H30ClN3O2. The maximum Gasteiger partial charge on any atom is 0.254 e. The molecule has 2 N–H and O–H groups in total. The van der Waals surface area contributed by atoms with Gasteiger partial charge in [-0.05, 0) is 79.0 Å². The number of carbonyl (C=O) groups is 2. The van der Waals surface area contributed by atoms with E-state index in [1.165, 1.54) is 16.5 Å². The van der Waals surface area contributed by atoms with Crippen LogP contribution in [0.2, 0.25) is 0 Å². The Kier molecular flexibility index (Phi) is 6.30. The Morgan fingerprint density at radius 1 is 1.07 bits per heavy atom. The first-order valence-corrected chi connectivity index (χ1v) is 11.0. The van der Waals surface area contributed by atoms with Gasteiger partial charge in [-0.3, -0.25) is 9.59 Å². The van der Waals surface area contributed by atoms with Gasteiger partial charge in [-0.1, -0.05) is 24.3 Å². The van der Waals surface area contributed by atoms with Crippen molar-refractivity contribution in [3.63, 3.8) is 0 Å². The summed E-state index contributed by atoms with van der Waals surface area (Å²) >= 11 is 0. The highest BCUT2D eigenvalue weighted by molar-refractivity contribution is 6.09. The quantitative estimate of drug-likeness (QED) is 0.788. The number of hydrogen-bond donors (Lipinski definition) is 2. The van der Waals surface area contributed by atoms with Crippen molar-refractivity contribution < 1.29 is 9.59 Å². The van der Waals surface area contributed by atoms with Crippen LogP contribution in [0, 0.1) is 5.92 Å². The summed E-state index contributed by atoms with van der Waals surface area (Å²) in [5, 5.41) is 8.75. The van der Waals surface area contributed by atoms with E-state index in [9.17, 15) is 9.59 Å². The molecule has 2 heterocycles. The first-order valence-electron chi connectivity index (χ1n) is 11.0. The number of piperidine rings is 1. The minimum absolute atomic E-state index is 0. The Hall–Kier alpha value is -2.11. The van der Waals surface area contributed by atoms with Gasteiger partial charge >= 0.3 is 0 Å². The molecule has 1 aliphatic carbocycles. The van der Waals surface area contributed by atoms with E-state index in [1.54, 1.807) is 0 Å². The Labute approximate surface area is 184 Å². The molecule has 2 aliphatic heterocycles. The van der Waals surface area contributed by atoms with Crippen molar-refractivity contribution in [3.05, 3.63) is 47.0 Å². The zero-order valence-electron chi connectivity index (χ0n) is 17.3. The number of halogens is 1. The summed E-state index contributed by atoms with van der Waals surface area (Å²) in [5.74, 6) is 0.572. The van der Waals surface area contributed by atoms with Crippen LogP contribution in [0.5, 0.6) is 0 Å². The van der Waals surface area contributed by atoms with E-state index < -0.39 is 0 Å². The van der Waals surface area contributed by atoms with Crippen molar-refractivity contribution in [1.29, 1.82) is 0 Å². The van der Waals surface area contributed by atoms with Crippen LogP contribution in [0.4, 0.5) is 0 Å². The highest BCUT2D eigenvalue weighted by Crippen LogP contribution is 2.33. The van der Waals surface area contributed by atoms with E-state index in [2.05, 4.69) is 34.9 Å². The van der Waals surface area contributed by atoms with Gasteiger partial charge in [0.25, 0.3) is 5.91 Å². The fraction of sp³-hybridized carbons (Fsp3) is 0.500. The Balaban J connectivity index is 0.00000218. The van der Waals surface area contributed by atoms with Gasteiger partial charge in [0, 0.05) is 25.2 Å². The second-order valence-electron chi connectivity index (χ2n) is 8.77.